The maximum Gasteiger partial charge on any atom is 0.132 e. The van der Waals surface area contributed by atoms with E-state index in [2.05, 4.69) is 254 Å². The highest BCUT2D eigenvalue weighted by molar-refractivity contribution is 7.99. The van der Waals surface area contributed by atoms with Crippen LogP contribution >= 0.6 is 23.1 Å². The van der Waals surface area contributed by atoms with E-state index in [4.69, 9.17) is 4.74 Å². The summed E-state index contributed by atoms with van der Waals surface area (Å²) >= 11 is 3.75. The number of thiophene rings is 1. The van der Waals surface area contributed by atoms with Crippen molar-refractivity contribution >= 4 is 60.3 Å². The molecule has 4 aliphatic rings. The van der Waals surface area contributed by atoms with E-state index in [1.54, 1.807) is 0 Å². The summed E-state index contributed by atoms with van der Waals surface area (Å²) in [5.74, 6) is 1.78. The molecule has 4 heteroatoms. The van der Waals surface area contributed by atoms with Crippen molar-refractivity contribution in [1.82, 2.24) is 0 Å². The Morgan fingerprint density at radius 3 is 1.60 bits per heavy atom. The molecule has 0 fully saturated rings. The summed E-state index contributed by atoms with van der Waals surface area (Å²) in [6.07, 6.45) is 0. The molecule has 336 valence electrons. The fourth-order valence-electron chi connectivity index (χ4n) is 13.2. The topological polar surface area (TPSA) is 12.5 Å². The number of hydrogen-bond acceptors (Lipinski definition) is 4. The molecule has 2 spiro atoms. The van der Waals surface area contributed by atoms with Crippen molar-refractivity contribution in [3.8, 4) is 44.9 Å². The van der Waals surface area contributed by atoms with Crippen molar-refractivity contribution in [2.24, 2.45) is 0 Å². The van der Waals surface area contributed by atoms with E-state index in [1.807, 2.05) is 23.1 Å². The number of hydrogen-bond donors (Lipinski definition) is 0. The van der Waals surface area contributed by atoms with Gasteiger partial charge in [0.25, 0.3) is 0 Å². The molecule has 0 saturated heterocycles. The van der Waals surface area contributed by atoms with Crippen molar-refractivity contribution in [3.63, 3.8) is 0 Å². The molecule has 1 aromatic heterocycles. The molecule has 72 heavy (non-hydrogen) atoms. The number of ether oxygens (including phenoxy) is 1. The third kappa shape index (κ3) is 5.30. The predicted octanol–water partition coefficient (Wildman–Crippen LogP) is 18.5. The van der Waals surface area contributed by atoms with Gasteiger partial charge < -0.3 is 9.64 Å². The van der Waals surface area contributed by atoms with E-state index in [1.165, 1.54) is 96.7 Å². The first-order chi connectivity index (χ1) is 35.7. The van der Waals surface area contributed by atoms with Crippen LogP contribution in [0.15, 0.2) is 259 Å². The van der Waals surface area contributed by atoms with E-state index in [9.17, 15) is 0 Å². The Morgan fingerprint density at radius 2 is 0.861 bits per heavy atom. The predicted molar refractivity (Wildman–Crippen MR) is 298 cm³/mol. The van der Waals surface area contributed by atoms with Gasteiger partial charge in [0.15, 0.2) is 0 Å². The molecule has 0 saturated carbocycles. The normalized spacial score (nSPS) is 14.4. The van der Waals surface area contributed by atoms with Gasteiger partial charge in [0.05, 0.1) is 16.5 Å². The average molecular weight is 952 g/mol. The Labute approximate surface area is 426 Å². The van der Waals surface area contributed by atoms with Crippen LogP contribution in [-0.2, 0) is 10.8 Å². The first-order valence-corrected chi connectivity index (χ1v) is 26.4. The zero-order valence-electron chi connectivity index (χ0n) is 38.8. The van der Waals surface area contributed by atoms with Crippen LogP contribution in [0.5, 0.6) is 11.5 Å². The molecule has 0 unspecified atom stereocenters. The third-order valence-electron chi connectivity index (χ3n) is 16.0. The number of nitrogens with zero attached hydrogens (tertiary/aromatic N) is 1. The maximum absolute atomic E-state index is 6.75. The first kappa shape index (κ1) is 40.3. The van der Waals surface area contributed by atoms with Gasteiger partial charge >= 0.3 is 0 Å². The standard InChI is InChI=1S/C68H41NOS2/c1-4-19-51-46(16-1)49-41-45(37-38-53(49)67(51)56-23-8-13-30-64(56)72-65-31-14-9-24-57(65)67)69(44-35-32-42(33-36-44)43-34-39-63-50(40-43)47-17-3-12-29-62(47)71-63)59-26-15-25-58-66(59)48-18-2-5-20-52(48)68(58)54-21-6-10-27-60(54)70-61-28-11-7-22-55(61)68/h1-41H. The van der Waals surface area contributed by atoms with Crippen LogP contribution in [0.1, 0.15) is 44.5 Å². The van der Waals surface area contributed by atoms with Crippen molar-refractivity contribution in [3.05, 3.63) is 293 Å². The zero-order valence-corrected chi connectivity index (χ0v) is 40.5. The molecular formula is C68H41NOS2. The highest BCUT2D eigenvalue weighted by atomic mass is 32.2. The SMILES string of the molecule is c1ccc2c(c1)Oc1ccccc1C21c2ccccc2-c2c(N(c3ccc(-c4ccc5sc6ccccc6c5c4)cc3)c3ccc4c(c3)-c3ccccc3C43c4ccccc4Sc4ccccc43)cccc21. The monoisotopic (exact) mass is 951 g/mol. The van der Waals surface area contributed by atoms with Crippen LogP contribution in [0.25, 0.3) is 53.6 Å². The lowest BCUT2D eigenvalue weighted by Crippen LogP contribution is -2.32. The summed E-state index contributed by atoms with van der Waals surface area (Å²) < 4.78 is 9.38. The Hall–Kier alpha value is -8.41. The van der Waals surface area contributed by atoms with E-state index >= 15 is 0 Å². The smallest absolute Gasteiger partial charge is 0.132 e. The second-order valence-electron chi connectivity index (χ2n) is 19.4. The van der Waals surface area contributed by atoms with Crippen LogP contribution in [0.4, 0.5) is 17.1 Å². The Morgan fingerprint density at radius 1 is 0.333 bits per heavy atom. The molecular weight excluding hydrogens is 911 g/mol. The number of anilines is 3. The minimum absolute atomic E-state index is 0.465. The molecule has 0 N–H and O–H groups in total. The molecule has 0 atom stereocenters. The maximum atomic E-state index is 6.75. The van der Waals surface area contributed by atoms with Gasteiger partial charge in [-0.05, 0) is 134 Å². The van der Waals surface area contributed by atoms with Gasteiger partial charge in [-0.2, -0.15) is 0 Å². The molecule has 2 aliphatic carbocycles. The van der Waals surface area contributed by atoms with Gasteiger partial charge in [-0.1, -0.05) is 188 Å². The van der Waals surface area contributed by atoms with Crippen molar-refractivity contribution in [1.29, 1.82) is 0 Å². The van der Waals surface area contributed by atoms with Crippen molar-refractivity contribution in [2.45, 2.75) is 20.6 Å². The Kier molecular flexibility index (Phi) is 8.43. The van der Waals surface area contributed by atoms with E-state index < -0.39 is 10.8 Å². The van der Waals surface area contributed by atoms with E-state index in [0.717, 1.165) is 39.7 Å². The molecule has 3 heterocycles. The lowest BCUT2D eigenvalue weighted by molar-refractivity contribution is 0.436. The second kappa shape index (κ2) is 15.1. The van der Waals surface area contributed by atoms with Gasteiger partial charge in [0.2, 0.25) is 0 Å². The molecule has 12 aromatic rings. The minimum Gasteiger partial charge on any atom is -0.457 e. The summed E-state index contributed by atoms with van der Waals surface area (Å²) in [5.41, 5.74) is 19.8. The number of rotatable bonds is 4. The van der Waals surface area contributed by atoms with Crippen LogP contribution in [0.3, 0.4) is 0 Å². The van der Waals surface area contributed by atoms with Crippen LogP contribution in [0.2, 0.25) is 0 Å². The summed E-state index contributed by atoms with van der Waals surface area (Å²) in [6, 6.07) is 92.9. The molecule has 0 radical (unpaired) electrons. The van der Waals surface area contributed by atoms with Gasteiger partial charge in [-0.25, -0.2) is 0 Å². The Bertz CT molecular complexity index is 4170. The molecule has 2 nitrogen and oxygen atoms in total. The number of para-hydroxylation sites is 2. The molecule has 16 rings (SSSR count). The van der Waals surface area contributed by atoms with Crippen molar-refractivity contribution < 1.29 is 4.74 Å². The minimum atomic E-state index is -0.601. The molecule has 0 bridgehead atoms. The Balaban J connectivity index is 0.948. The van der Waals surface area contributed by atoms with Crippen molar-refractivity contribution in [2.75, 3.05) is 4.90 Å². The van der Waals surface area contributed by atoms with Gasteiger partial charge in [-0.15, -0.1) is 11.3 Å². The molecule has 2 aliphatic heterocycles. The van der Waals surface area contributed by atoms with Gasteiger partial charge in [0, 0.05) is 58.0 Å². The number of fused-ring (bicyclic) bond motifs is 21. The molecule has 11 aromatic carbocycles. The summed E-state index contributed by atoms with van der Waals surface area (Å²) in [6.45, 7) is 0. The summed E-state index contributed by atoms with van der Waals surface area (Å²) in [4.78, 5) is 5.14. The highest BCUT2D eigenvalue weighted by Crippen LogP contribution is 2.66. The fraction of sp³-hybridized carbons (Fsp3) is 0.0294. The van der Waals surface area contributed by atoms with Crippen LogP contribution in [0, 0.1) is 0 Å². The third-order valence-corrected chi connectivity index (χ3v) is 18.3. The fourth-order valence-corrected chi connectivity index (χ4v) is 15.5. The second-order valence-corrected chi connectivity index (χ2v) is 21.6. The lowest BCUT2D eigenvalue weighted by atomic mass is 9.66. The summed E-state index contributed by atoms with van der Waals surface area (Å²) in [5, 5.41) is 2.62. The molecule has 0 amide bonds. The highest BCUT2D eigenvalue weighted by Gasteiger charge is 2.53. The van der Waals surface area contributed by atoms with Crippen LogP contribution in [-0.4, -0.2) is 0 Å². The van der Waals surface area contributed by atoms with E-state index in [-0.39, 0.29) is 0 Å². The average Bonchev–Trinajstić information content (AvgIpc) is 4.07. The van der Waals surface area contributed by atoms with Gasteiger partial charge in [0.1, 0.15) is 11.5 Å². The summed E-state index contributed by atoms with van der Waals surface area (Å²) in [7, 11) is 0. The number of benzene rings is 11. The zero-order chi connectivity index (χ0) is 47.1. The lowest BCUT2D eigenvalue weighted by Gasteiger charge is -2.40. The van der Waals surface area contributed by atoms with Crippen LogP contribution < -0.4 is 9.64 Å². The van der Waals surface area contributed by atoms with E-state index in [0.29, 0.717) is 0 Å². The van der Waals surface area contributed by atoms with Gasteiger partial charge in [-0.3, -0.25) is 0 Å². The largest absolute Gasteiger partial charge is 0.457 e. The first-order valence-electron chi connectivity index (χ1n) is 24.7. The quantitative estimate of drug-likeness (QED) is 0.174.